The maximum absolute atomic E-state index is 14.1. The van der Waals surface area contributed by atoms with Crippen LogP contribution < -0.4 is 5.32 Å². The van der Waals surface area contributed by atoms with Crippen molar-refractivity contribution in [1.82, 2.24) is 15.1 Å². The van der Waals surface area contributed by atoms with E-state index in [1.54, 1.807) is 4.68 Å². The lowest BCUT2D eigenvalue weighted by molar-refractivity contribution is 0.465. The first-order valence-corrected chi connectivity index (χ1v) is 7.24. The van der Waals surface area contributed by atoms with Crippen LogP contribution in [0.1, 0.15) is 44.1 Å². The first kappa shape index (κ1) is 15.9. The van der Waals surface area contributed by atoms with Crippen molar-refractivity contribution in [1.29, 1.82) is 0 Å². The van der Waals surface area contributed by atoms with E-state index in [0.717, 1.165) is 12.1 Å². The van der Waals surface area contributed by atoms with E-state index in [0.29, 0.717) is 17.3 Å². The third-order valence-electron chi connectivity index (χ3n) is 3.23. The molecule has 0 aliphatic carbocycles. The second-order valence-corrected chi connectivity index (χ2v) is 5.48. The molecule has 0 saturated carbocycles. The van der Waals surface area contributed by atoms with Crippen LogP contribution in [0.25, 0.3) is 0 Å². The molecule has 2 aromatic rings. The van der Waals surface area contributed by atoms with Gasteiger partial charge in [0.2, 0.25) is 0 Å². The van der Waals surface area contributed by atoms with Gasteiger partial charge in [-0.25, -0.2) is 8.78 Å². The lowest BCUT2D eigenvalue weighted by Gasteiger charge is -2.22. The fourth-order valence-corrected chi connectivity index (χ4v) is 2.57. The lowest BCUT2D eigenvalue weighted by Crippen LogP contribution is -2.26. The Labute approximate surface area is 127 Å². The normalized spacial score (nSPS) is 12.9. The van der Waals surface area contributed by atoms with Crippen molar-refractivity contribution < 1.29 is 8.78 Å². The van der Waals surface area contributed by atoms with Crippen LogP contribution in [0.4, 0.5) is 8.78 Å². The summed E-state index contributed by atoms with van der Waals surface area (Å²) in [6.45, 7) is 6.39. The Bertz CT molecular complexity index is 625. The Morgan fingerprint density at radius 1 is 1.33 bits per heavy atom. The van der Waals surface area contributed by atoms with Crippen molar-refractivity contribution in [2.24, 2.45) is 0 Å². The summed E-state index contributed by atoms with van der Waals surface area (Å²) in [6, 6.07) is 2.92. The maximum Gasteiger partial charge on any atom is 0.128 e. The van der Waals surface area contributed by atoms with E-state index < -0.39 is 17.7 Å². The zero-order valence-corrected chi connectivity index (χ0v) is 13.0. The summed E-state index contributed by atoms with van der Waals surface area (Å²) in [5.41, 5.74) is 0.860. The number of nitrogens with one attached hydrogen (secondary N) is 1. The highest BCUT2D eigenvalue weighted by atomic mass is 35.5. The van der Waals surface area contributed by atoms with Crippen molar-refractivity contribution in [3.05, 3.63) is 52.3 Å². The Morgan fingerprint density at radius 2 is 2.05 bits per heavy atom. The number of hydrogen-bond donors (Lipinski definition) is 1. The molecule has 0 saturated heterocycles. The van der Waals surface area contributed by atoms with E-state index in [9.17, 15) is 8.78 Å². The minimum atomic E-state index is -0.553. The molecule has 1 aromatic carbocycles. The molecule has 1 atom stereocenters. The van der Waals surface area contributed by atoms with Crippen molar-refractivity contribution in [3.8, 4) is 0 Å². The summed E-state index contributed by atoms with van der Waals surface area (Å²) >= 11 is 6.22. The van der Waals surface area contributed by atoms with Gasteiger partial charge in [0, 0.05) is 11.6 Å². The SMILES string of the molecule is CCNC(c1cc(F)ccc1F)c1c(Cl)cnn1C(C)C. The molecule has 114 valence electrons. The molecule has 2 rings (SSSR count). The second-order valence-electron chi connectivity index (χ2n) is 5.07. The lowest BCUT2D eigenvalue weighted by atomic mass is 10.0. The van der Waals surface area contributed by atoms with Crippen molar-refractivity contribution >= 4 is 11.6 Å². The fourth-order valence-electron chi connectivity index (χ4n) is 2.33. The predicted molar refractivity (Wildman–Crippen MR) is 79.5 cm³/mol. The van der Waals surface area contributed by atoms with Gasteiger partial charge >= 0.3 is 0 Å². The van der Waals surface area contributed by atoms with Crippen molar-refractivity contribution in [3.63, 3.8) is 0 Å². The second kappa shape index (κ2) is 6.54. The molecule has 0 fully saturated rings. The monoisotopic (exact) mass is 313 g/mol. The quantitative estimate of drug-likeness (QED) is 0.901. The average molecular weight is 314 g/mol. The zero-order chi connectivity index (χ0) is 15.6. The molecule has 6 heteroatoms. The zero-order valence-electron chi connectivity index (χ0n) is 12.2. The van der Waals surface area contributed by atoms with Gasteiger partial charge in [-0.2, -0.15) is 5.10 Å². The summed E-state index contributed by atoms with van der Waals surface area (Å²) < 4.78 is 29.3. The number of nitrogens with zero attached hydrogens (tertiary/aromatic N) is 2. The van der Waals surface area contributed by atoms with E-state index in [2.05, 4.69) is 10.4 Å². The van der Waals surface area contributed by atoms with Crippen molar-refractivity contribution in [2.45, 2.75) is 32.9 Å². The topological polar surface area (TPSA) is 29.9 Å². The van der Waals surface area contributed by atoms with Crippen molar-refractivity contribution in [2.75, 3.05) is 6.54 Å². The largest absolute Gasteiger partial charge is 0.305 e. The molecular weight excluding hydrogens is 296 g/mol. The summed E-state index contributed by atoms with van der Waals surface area (Å²) in [5, 5.41) is 7.81. The molecular formula is C15H18ClF2N3. The van der Waals surface area contributed by atoms with Crippen LogP contribution >= 0.6 is 11.6 Å². The highest BCUT2D eigenvalue weighted by molar-refractivity contribution is 6.31. The molecule has 21 heavy (non-hydrogen) atoms. The molecule has 3 nitrogen and oxygen atoms in total. The molecule has 0 bridgehead atoms. The van der Waals surface area contributed by atoms with Crippen LogP contribution in [0, 0.1) is 11.6 Å². The number of hydrogen-bond acceptors (Lipinski definition) is 2. The minimum Gasteiger partial charge on any atom is -0.305 e. The minimum absolute atomic E-state index is 0.0604. The molecule has 0 aliphatic heterocycles. The molecule has 0 amide bonds. The highest BCUT2D eigenvalue weighted by Gasteiger charge is 2.25. The van der Waals surface area contributed by atoms with E-state index >= 15 is 0 Å². The predicted octanol–water partition coefficient (Wildman–Crippen LogP) is 4.09. The van der Waals surface area contributed by atoms with Crippen LogP contribution in [0.15, 0.2) is 24.4 Å². The smallest absolute Gasteiger partial charge is 0.128 e. The standard InChI is InChI=1S/C15H18ClF2N3/c1-4-19-14(11-7-10(17)5-6-13(11)18)15-12(16)8-20-21(15)9(2)3/h5-9,14,19H,4H2,1-3H3. The molecule has 0 spiro atoms. The van der Waals surface area contributed by atoms with Crippen LogP contribution in [0.2, 0.25) is 5.02 Å². The van der Waals surface area contributed by atoms with E-state index in [-0.39, 0.29) is 11.6 Å². The fraction of sp³-hybridized carbons (Fsp3) is 0.400. The van der Waals surface area contributed by atoms with Gasteiger partial charge in [0.15, 0.2) is 0 Å². The maximum atomic E-state index is 14.1. The van der Waals surface area contributed by atoms with Gasteiger partial charge in [0.25, 0.3) is 0 Å². The Balaban J connectivity index is 2.59. The van der Waals surface area contributed by atoms with Gasteiger partial charge in [-0.15, -0.1) is 0 Å². The average Bonchev–Trinajstić information content (AvgIpc) is 2.81. The number of aromatic nitrogens is 2. The molecule has 0 radical (unpaired) electrons. The first-order valence-electron chi connectivity index (χ1n) is 6.87. The van der Waals surface area contributed by atoms with Gasteiger partial charge in [-0.3, -0.25) is 4.68 Å². The number of rotatable bonds is 5. The summed E-state index contributed by atoms with van der Waals surface area (Å²) in [4.78, 5) is 0. The third-order valence-corrected chi connectivity index (χ3v) is 3.52. The van der Waals surface area contributed by atoms with Gasteiger partial charge in [0.1, 0.15) is 11.6 Å². The highest BCUT2D eigenvalue weighted by Crippen LogP contribution is 2.31. The Kier molecular flexibility index (Phi) is 4.96. The molecule has 0 aliphatic rings. The van der Waals surface area contributed by atoms with Crippen LogP contribution in [0.3, 0.4) is 0 Å². The van der Waals surface area contributed by atoms with E-state index in [1.165, 1.54) is 12.3 Å². The summed E-state index contributed by atoms with van der Waals surface area (Å²) in [5.74, 6) is -0.962. The Hall–Kier alpha value is -1.46. The van der Waals surface area contributed by atoms with Crippen LogP contribution in [-0.4, -0.2) is 16.3 Å². The van der Waals surface area contributed by atoms with Crippen LogP contribution in [-0.2, 0) is 0 Å². The van der Waals surface area contributed by atoms with Gasteiger partial charge in [-0.05, 0) is 38.6 Å². The first-order chi connectivity index (χ1) is 9.95. The molecule has 1 unspecified atom stereocenters. The van der Waals surface area contributed by atoms with Gasteiger partial charge < -0.3 is 5.32 Å². The van der Waals surface area contributed by atoms with E-state index in [4.69, 9.17) is 11.6 Å². The Morgan fingerprint density at radius 3 is 2.67 bits per heavy atom. The number of benzene rings is 1. The molecule has 1 aromatic heterocycles. The van der Waals surface area contributed by atoms with Gasteiger partial charge in [-0.1, -0.05) is 18.5 Å². The molecule has 1 N–H and O–H groups in total. The van der Waals surface area contributed by atoms with Gasteiger partial charge in [0.05, 0.1) is 23.0 Å². The van der Waals surface area contributed by atoms with E-state index in [1.807, 2.05) is 20.8 Å². The molecule has 1 heterocycles. The summed E-state index contributed by atoms with van der Waals surface area (Å²) in [7, 11) is 0. The van der Waals surface area contributed by atoms with Crippen LogP contribution in [0.5, 0.6) is 0 Å². The number of halogens is 3. The summed E-state index contributed by atoms with van der Waals surface area (Å²) in [6.07, 6.45) is 1.53. The third kappa shape index (κ3) is 3.24.